The molecule has 0 spiro atoms. The second-order valence-corrected chi connectivity index (χ2v) is 9.73. The fourth-order valence-corrected chi connectivity index (χ4v) is 5.25. The van der Waals surface area contributed by atoms with Crippen LogP contribution in [0.1, 0.15) is 26.3 Å². The van der Waals surface area contributed by atoms with E-state index in [1.807, 2.05) is 0 Å². The van der Waals surface area contributed by atoms with Gasteiger partial charge in [-0.05, 0) is 57.2 Å². The Labute approximate surface area is 199 Å². The smallest absolute Gasteiger partial charge is 0.326 e. The van der Waals surface area contributed by atoms with Crippen LogP contribution >= 0.6 is 0 Å². The van der Waals surface area contributed by atoms with Crippen molar-refractivity contribution >= 4 is 39.0 Å². The van der Waals surface area contributed by atoms with Crippen molar-refractivity contribution in [3.8, 4) is 0 Å². The third-order valence-corrected chi connectivity index (χ3v) is 6.91. The van der Waals surface area contributed by atoms with Gasteiger partial charge in [0.25, 0.3) is 5.91 Å². The van der Waals surface area contributed by atoms with Crippen molar-refractivity contribution in [1.82, 2.24) is 4.72 Å². The normalized spacial score (nSPS) is 18.7. The van der Waals surface area contributed by atoms with Crippen LogP contribution < -0.4 is 14.9 Å². The molecular formula is C23H22F3N3O5S. The van der Waals surface area contributed by atoms with Crippen molar-refractivity contribution in [1.29, 1.82) is 0 Å². The SMILES string of the molecule is CC(=O)Nc1ccc(S(=O)(=O)NC2(C(F)(F)F)C(=O)N(c3ccc(C)cc3)C(C)=C2C(C)=O)cc1. The van der Waals surface area contributed by atoms with Gasteiger partial charge in [-0.3, -0.25) is 19.3 Å². The predicted molar refractivity (Wildman–Crippen MR) is 122 cm³/mol. The van der Waals surface area contributed by atoms with Crippen LogP contribution in [0, 0.1) is 6.92 Å². The monoisotopic (exact) mass is 509 g/mol. The number of carbonyl (C=O) groups is 3. The van der Waals surface area contributed by atoms with E-state index in [4.69, 9.17) is 0 Å². The molecule has 1 atom stereocenters. The lowest BCUT2D eigenvalue weighted by molar-refractivity contribution is -0.183. The van der Waals surface area contributed by atoms with Gasteiger partial charge in [0.15, 0.2) is 5.78 Å². The number of alkyl halides is 3. The lowest BCUT2D eigenvalue weighted by atomic mass is 9.88. The molecule has 0 saturated heterocycles. The van der Waals surface area contributed by atoms with E-state index in [1.165, 1.54) is 35.9 Å². The molecule has 1 aliphatic heterocycles. The number of sulfonamides is 1. The van der Waals surface area contributed by atoms with Crippen molar-refractivity contribution in [2.75, 3.05) is 10.2 Å². The summed E-state index contributed by atoms with van der Waals surface area (Å²) in [6.07, 6.45) is -5.50. The van der Waals surface area contributed by atoms with Gasteiger partial charge in [-0.1, -0.05) is 17.7 Å². The number of aryl methyl sites for hydroxylation is 1. The summed E-state index contributed by atoms with van der Waals surface area (Å²) in [6.45, 7) is 4.95. The molecule has 12 heteroatoms. The molecule has 3 rings (SSSR count). The molecule has 2 aromatic carbocycles. The third-order valence-electron chi connectivity index (χ3n) is 5.44. The van der Waals surface area contributed by atoms with E-state index in [9.17, 15) is 36.0 Å². The summed E-state index contributed by atoms with van der Waals surface area (Å²) in [6, 6.07) is 10.2. The van der Waals surface area contributed by atoms with E-state index in [1.54, 1.807) is 19.1 Å². The fraction of sp³-hybridized carbons (Fsp3) is 0.261. The molecule has 0 radical (unpaired) electrons. The van der Waals surface area contributed by atoms with Crippen molar-refractivity contribution in [3.63, 3.8) is 0 Å². The van der Waals surface area contributed by atoms with E-state index in [0.29, 0.717) is 4.90 Å². The predicted octanol–water partition coefficient (Wildman–Crippen LogP) is 3.44. The van der Waals surface area contributed by atoms with Gasteiger partial charge in [-0.2, -0.15) is 17.9 Å². The minimum Gasteiger partial charge on any atom is -0.326 e. The van der Waals surface area contributed by atoms with Crippen molar-refractivity contribution in [2.24, 2.45) is 0 Å². The fourth-order valence-electron chi connectivity index (χ4n) is 3.93. The third kappa shape index (κ3) is 4.58. The number of hydrogen-bond donors (Lipinski definition) is 2. The Morgan fingerprint density at radius 2 is 1.49 bits per heavy atom. The van der Waals surface area contributed by atoms with Gasteiger partial charge in [0.1, 0.15) is 0 Å². The van der Waals surface area contributed by atoms with Gasteiger partial charge < -0.3 is 5.32 Å². The lowest BCUT2D eigenvalue weighted by Crippen LogP contribution is -2.66. The number of nitrogens with one attached hydrogen (secondary N) is 2. The number of anilines is 2. The molecule has 0 aromatic heterocycles. The van der Waals surface area contributed by atoms with E-state index in [0.717, 1.165) is 31.5 Å². The highest BCUT2D eigenvalue weighted by molar-refractivity contribution is 7.89. The summed E-state index contributed by atoms with van der Waals surface area (Å²) in [7, 11) is -4.98. The molecule has 0 aliphatic carbocycles. The molecule has 0 fully saturated rings. The van der Waals surface area contributed by atoms with E-state index in [-0.39, 0.29) is 17.1 Å². The first-order valence-electron chi connectivity index (χ1n) is 10.2. The van der Waals surface area contributed by atoms with Gasteiger partial charge in [-0.25, -0.2) is 8.42 Å². The van der Waals surface area contributed by atoms with Crippen LogP contribution in [0.15, 0.2) is 64.7 Å². The molecule has 1 heterocycles. The van der Waals surface area contributed by atoms with Crippen LogP contribution in [0.3, 0.4) is 0 Å². The summed E-state index contributed by atoms with van der Waals surface area (Å²) in [5.41, 5.74) is -4.17. The van der Waals surface area contributed by atoms with Gasteiger partial charge in [0, 0.05) is 24.0 Å². The first-order chi connectivity index (χ1) is 16.1. The molecule has 2 amide bonds. The number of nitrogens with zero attached hydrogens (tertiary/aromatic N) is 1. The number of Topliss-reactive ketones (excluding diaryl/α,β-unsaturated/α-hetero) is 1. The second kappa shape index (κ2) is 8.93. The molecule has 1 aliphatic rings. The van der Waals surface area contributed by atoms with Gasteiger partial charge in [0.2, 0.25) is 21.5 Å². The average molecular weight is 510 g/mol. The Kier molecular flexibility index (Phi) is 6.66. The molecular weight excluding hydrogens is 487 g/mol. The topological polar surface area (TPSA) is 113 Å². The highest BCUT2D eigenvalue weighted by Crippen LogP contribution is 2.47. The number of amides is 2. The average Bonchev–Trinajstić information content (AvgIpc) is 2.95. The maximum atomic E-state index is 14.6. The highest BCUT2D eigenvalue weighted by atomic mass is 32.2. The number of carbonyl (C=O) groups excluding carboxylic acids is 3. The maximum absolute atomic E-state index is 14.6. The van der Waals surface area contributed by atoms with Crippen LogP contribution in [0.25, 0.3) is 0 Å². The zero-order valence-corrected chi connectivity index (χ0v) is 20.0. The number of rotatable bonds is 6. The zero-order valence-electron chi connectivity index (χ0n) is 19.1. The molecule has 2 N–H and O–H groups in total. The van der Waals surface area contributed by atoms with E-state index in [2.05, 4.69) is 5.32 Å². The molecule has 8 nitrogen and oxygen atoms in total. The Hall–Kier alpha value is -3.51. The van der Waals surface area contributed by atoms with Crippen LogP contribution in [0.5, 0.6) is 0 Å². The minimum atomic E-state index is -5.50. The summed E-state index contributed by atoms with van der Waals surface area (Å²) in [5, 5.41) is 2.40. The summed E-state index contributed by atoms with van der Waals surface area (Å²) in [5.74, 6) is -3.23. The number of hydrogen-bond acceptors (Lipinski definition) is 5. The highest BCUT2D eigenvalue weighted by Gasteiger charge is 2.70. The van der Waals surface area contributed by atoms with Crippen LogP contribution in [-0.4, -0.2) is 37.7 Å². The molecule has 1 unspecified atom stereocenters. The number of ketones is 1. The Morgan fingerprint density at radius 3 is 1.94 bits per heavy atom. The van der Waals surface area contributed by atoms with Crippen molar-refractivity contribution in [3.05, 3.63) is 65.4 Å². The number of allylic oxidation sites excluding steroid dienone is 1. The van der Waals surface area contributed by atoms with Crippen molar-refractivity contribution < 1.29 is 36.0 Å². The first-order valence-corrected chi connectivity index (χ1v) is 11.7. The maximum Gasteiger partial charge on any atom is 0.421 e. The standard InChI is InChI=1S/C23H22F3N3O5S/c1-13-5-9-18(10-6-13)29-14(2)20(15(3)30)22(21(29)32,23(24,25)26)28-35(33,34)19-11-7-17(8-12-19)27-16(4)31/h5-12,28H,1-4H3,(H,27,31). The molecule has 186 valence electrons. The quantitative estimate of drug-likeness (QED) is 0.620. The van der Waals surface area contributed by atoms with Gasteiger partial charge in [0.05, 0.1) is 10.5 Å². The lowest BCUT2D eigenvalue weighted by Gasteiger charge is -2.33. The van der Waals surface area contributed by atoms with E-state index >= 15 is 0 Å². The Balaban J connectivity index is 2.17. The van der Waals surface area contributed by atoms with Crippen LogP contribution in [-0.2, 0) is 24.4 Å². The van der Waals surface area contributed by atoms with Crippen molar-refractivity contribution in [2.45, 2.75) is 44.3 Å². The first kappa shape index (κ1) is 26.1. The molecule has 2 aromatic rings. The molecule has 0 saturated carbocycles. The van der Waals surface area contributed by atoms with Gasteiger partial charge >= 0.3 is 6.18 Å². The van der Waals surface area contributed by atoms with Crippen LogP contribution in [0.4, 0.5) is 24.5 Å². The largest absolute Gasteiger partial charge is 0.421 e. The minimum absolute atomic E-state index is 0.0434. The Morgan fingerprint density at radius 1 is 0.943 bits per heavy atom. The van der Waals surface area contributed by atoms with Gasteiger partial charge in [-0.15, -0.1) is 0 Å². The van der Waals surface area contributed by atoms with E-state index < -0.39 is 49.8 Å². The van der Waals surface area contributed by atoms with Crippen LogP contribution in [0.2, 0.25) is 0 Å². The summed E-state index contributed by atoms with van der Waals surface area (Å²) < 4.78 is 71.6. The Bertz CT molecular complexity index is 1330. The molecule has 0 bridgehead atoms. The number of halogens is 3. The summed E-state index contributed by atoms with van der Waals surface area (Å²) in [4.78, 5) is 37.1. The molecule has 35 heavy (non-hydrogen) atoms. The second-order valence-electron chi connectivity index (χ2n) is 8.05. The number of benzene rings is 2. The zero-order chi connectivity index (χ0) is 26.3. The summed E-state index contributed by atoms with van der Waals surface area (Å²) >= 11 is 0.